The minimum Gasteiger partial charge on any atom is -0.373 e. The molecule has 0 unspecified atom stereocenters. The molecule has 0 saturated carbocycles. The second-order valence-electron chi connectivity index (χ2n) is 7.23. The fourth-order valence-electron chi connectivity index (χ4n) is 3.41. The lowest BCUT2D eigenvalue weighted by atomic mass is 10.0. The van der Waals surface area contributed by atoms with Crippen molar-refractivity contribution in [2.75, 3.05) is 30.9 Å². The van der Waals surface area contributed by atoms with Gasteiger partial charge in [-0.15, -0.1) is 0 Å². The molecular formula is C21H26FN5O2. The highest BCUT2D eigenvalue weighted by atomic mass is 19.1. The van der Waals surface area contributed by atoms with E-state index in [1.165, 1.54) is 12.1 Å². The largest absolute Gasteiger partial charge is 0.373 e. The fraction of sp³-hybridized carbons (Fsp3) is 0.429. The fourth-order valence-corrected chi connectivity index (χ4v) is 3.41. The third kappa shape index (κ3) is 4.88. The number of benzene rings is 1. The first-order valence-electron chi connectivity index (χ1n) is 9.76. The number of carbonyl (C=O) groups excluding carboxylic acids is 2. The minimum absolute atomic E-state index is 0.0250. The van der Waals surface area contributed by atoms with Crippen molar-refractivity contribution >= 4 is 23.3 Å². The number of carbonyl (C=O) groups is 2. The van der Waals surface area contributed by atoms with Crippen LogP contribution in [-0.2, 0) is 16.1 Å². The lowest BCUT2D eigenvalue weighted by Gasteiger charge is -2.19. The molecule has 0 aliphatic carbocycles. The molecular weight excluding hydrogens is 373 g/mol. The normalized spacial score (nSPS) is 16.2. The maximum Gasteiger partial charge on any atom is 0.227 e. The van der Waals surface area contributed by atoms with Gasteiger partial charge in [-0.3, -0.25) is 9.59 Å². The van der Waals surface area contributed by atoms with E-state index in [9.17, 15) is 14.0 Å². The topological polar surface area (TPSA) is 78.4 Å². The van der Waals surface area contributed by atoms with Gasteiger partial charge in [-0.2, -0.15) is 0 Å². The molecule has 1 aliphatic rings. The molecule has 1 aromatic heterocycles. The van der Waals surface area contributed by atoms with Crippen molar-refractivity contribution in [3.05, 3.63) is 47.7 Å². The highest BCUT2D eigenvalue weighted by Crippen LogP contribution is 2.31. The Hall–Kier alpha value is -3.03. The van der Waals surface area contributed by atoms with Gasteiger partial charge in [0, 0.05) is 51.2 Å². The van der Waals surface area contributed by atoms with Gasteiger partial charge >= 0.3 is 0 Å². The summed E-state index contributed by atoms with van der Waals surface area (Å²) in [4.78, 5) is 37.0. The third-order valence-electron chi connectivity index (χ3n) is 5.00. The van der Waals surface area contributed by atoms with Gasteiger partial charge in [0.2, 0.25) is 11.8 Å². The van der Waals surface area contributed by atoms with Gasteiger partial charge < -0.3 is 15.1 Å². The Balaban J connectivity index is 1.80. The zero-order valence-corrected chi connectivity index (χ0v) is 17.0. The predicted molar refractivity (Wildman–Crippen MR) is 109 cm³/mol. The van der Waals surface area contributed by atoms with E-state index >= 15 is 0 Å². The van der Waals surface area contributed by atoms with Crippen LogP contribution in [0.4, 0.5) is 15.9 Å². The Kier molecular flexibility index (Phi) is 6.41. The standard InChI is InChI=1S/C21H26FN5O2/c1-4-5-20(28)26(3)13-19-24-17(11-18(23-2)25-19)14-10-21(29)27(12-14)16-8-6-15(22)7-9-16/h6-9,11,14H,4-5,10,12-13H2,1-3H3,(H,23,24,25)/t14-/m0/s1. The van der Waals surface area contributed by atoms with Crippen LogP contribution < -0.4 is 10.2 Å². The van der Waals surface area contributed by atoms with Crippen molar-refractivity contribution in [2.24, 2.45) is 0 Å². The van der Waals surface area contributed by atoms with Gasteiger partial charge in [0.05, 0.1) is 12.2 Å². The minimum atomic E-state index is -0.335. The maximum atomic E-state index is 13.2. The van der Waals surface area contributed by atoms with Crippen molar-refractivity contribution in [3.8, 4) is 0 Å². The molecule has 2 amide bonds. The maximum absolute atomic E-state index is 13.2. The van der Waals surface area contributed by atoms with Crippen LogP contribution in [0.1, 0.15) is 43.6 Å². The van der Waals surface area contributed by atoms with Gasteiger partial charge in [-0.05, 0) is 30.7 Å². The van der Waals surface area contributed by atoms with Crippen LogP contribution in [0.25, 0.3) is 0 Å². The van der Waals surface area contributed by atoms with E-state index in [-0.39, 0.29) is 23.5 Å². The van der Waals surface area contributed by atoms with Gasteiger partial charge in [0.15, 0.2) is 0 Å². The molecule has 1 aromatic carbocycles. The van der Waals surface area contributed by atoms with E-state index in [1.54, 1.807) is 36.0 Å². The van der Waals surface area contributed by atoms with Crippen molar-refractivity contribution in [3.63, 3.8) is 0 Å². The summed E-state index contributed by atoms with van der Waals surface area (Å²) in [7, 11) is 3.51. The summed E-state index contributed by atoms with van der Waals surface area (Å²) < 4.78 is 13.2. The molecule has 1 atom stereocenters. The van der Waals surface area contributed by atoms with Crippen LogP contribution in [0.2, 0.25) is 0 Å². The summed E-state index contributed by atoms with van der Waals surface area (Å²) in [6, 6.07) is 7.74. The van der Waals surface area contributed by atoms with Gasteiger partial charge in [0.25, 0.3) is 0 Å². The van der Waals surface area contributed by atoms with Crippen LogP contribution in [0.5, 0.6) is 0 Å². The zero-order valence-electron chi connectivity index (χ0n) is 17.0. The first kappa shape index (κ1) is 20.7. The SMILES string of the molecule is CCCC(=O)N(C)Cc1nc(NC)cc([C@H]2CC(=O)N(c3ccc(F)cc3)C2)n1. The van der Waals surface area contributed by atoms with E-state index in [1.807, 2.05) is 13.0 Å². The summed E-state index contributed by atoms with van der Waals surface area (Å²) in [5.74, 6) is 0.769. The molecule has 1 N–H and O–H groups in total. The highest BCUT2D eigenvalue weighted by Gasteiger charge is 2.33. The molecule has 7 nitrogen and oxygen atoms in total. The molecule has 3 rings (SSSR count). The Labute approximate surface area is 169 Å². The first-order chi connectivity index (χ1) is 13.9. The van der Waals surface area contributed by atoms with E-state index in [0.29, 0.717) is 43.3 Å². The molecule has 8 heteroatoms. The average Bonchev–Trinajstić information content (AvgIpc) is 3.10. The molecule has 2 heterocycles. The summed E-state index contributed by atoms with van der Waals surface area (Å²) in [5.41, 5.74) is 1.43. The molecule has 1 saturated heterocycles. The highest BCUT2D eigenvalue weighted by molar-refractivity contribution is 5.96. The molecule has 0 bridgehead atoms. The van der Waals surface area contributed by atoms with Crippen LogP contribution in [-0.4, -0.2) is 47.3 Å². The predicted octanol–water partition coefficient (Wildman–Crippen LogP) is 2.94. The average molecular weight is 399 g/mol. The molecule has 0 radical (unpaired) electrons. The molecule has 1 aliphatic heterocycles. The summed E-state index contributed by atoms with van der Waals surface area (Å²) in [6.07, 6.45) is 1.59. The Morgan fingerprint density at radius 2 is 2.03 bits per heavy atom. The van der Waals surface area contributed by atoms with Gasteiger partial charge in [0.1, 0.15) is 17.5 Å². The van der Waals surface area contributed by atoms with Gasteiger partial charge in [-0.1, -0.05) is 6.92 Å². The smallest absolute Gasteiger partial charge is 0.227 e. The summed E-state index contributed by atoms with van der Waals surface area (Å²) in [5, 5.41) is 3.02. The van der Waals surface area contributed by atoms with Crippen molar-refractivity contribution in [1.29, 1.82) is 0 Å². The summed E-state index contributed by atoms with van der Waals surface area (Å²) in [6.45, 7) is 2.74. The number of hydrogen-bond donors (Lipinski definition) is 1. The number of anilines is 2. The number of halogens is 1. The number of rotatable bonds is 7. The second-order valence-corrected chi connectivity index (χ2v) is 7.23. The Morgan fingerprint density at radius 3 is 2.69 bits per heavy atom. The van der Waals surface area contributed by atoms with E-state index in [0.717, 1.165) is 12.1 Å². The molecule has 1 fully saturated rings. The lowest BCUT2D eigenvalue weighted by molar-refractivity contribution is -0.130. The number of amides is 2. The van der Waals surface area contributed by atoms with E-state index in [4.69, 9.17) is 0 Å². The quantitative estimate of drug-likeness (QED) is 0.775. The number of nitrogens with one attached hydrogen (secondary N) is 1. The molecule has 29 heavy (non-hydrogen) atoms. The molecule has 0 spiro atoms. The van der Waals surface area contributed by atoms with Crippen LogP contribution in [0.15, 0.2) is 30.3 Å². The Morgan fingerprint density at radius 1 is 1.31 bits per heavy atom. The first-order valence-corrected chi connectivity index (χ1v) is 9.76. The zero-order chi connectivity index (χ0) is 21.0. The number of hydrogen-bond acceptors (Lipinski definition) is 5. The number of aromatic nitrogens is 2. The van der Waals surface area contributed by atoms with E-state index in [2.05, 4.69) is 15.3 Å². The van der Waals surface area contributed by atoms with Gasteiger partial charge in [-0.25, -0.2) is 14.4 Å². The lowest BCUT2D eigenvalue weighted by Crippen LogP contribution is -2.27. The monoisotopic (exact) mass is 399 g/mol. The van der Waals surface area contributed by atoms with Crippen LogP contribution >= 0.6 is 0 Å². The molecule has 154 valence electrons. The van der Waals surface area contributed by atoms with Crippen molar-refractivity contribution in [1.82, 2.24) is 14.9 Å². The van der Waals surface area contributed by atoms with Crippen molar-refractivity contribution < 1.29 is 14.0 Å². The summed E-state index contributed by atoms with van der Waals surface area (Å²) >= 11 is 0. The van der Waals surface area contributed by atoms with Crippen LogP contribution in [0.3, 0.4) is 0 Å². The van der Waals surface area contributed by atoms with Crippen molar-refractivity contribution in [2.45, 2.75) is 38.6 Å². The second kappa shape index (κ2) is 8.98. The van der Waals surface area contributed by atoms with E-state index < -0.39 is 0 Å². The number of nitrogens with zero attached hydrogens (tertiary/aromatic N) is 4. The van der Waals surface area contributed by atoms with Crippen LogP contribution in [0, 0.1) is 5.82 Å². The molecule has 2 aromatic rings. The Bertz CT molecular complexity index is 887. The third-order valence-corrected chi connectivity index (χ3v) is 5.00.